The van der Waals surface area contributed by atoms with Gasteiger partial charge in [-0.1, -0.05) is 41.4 Å². The quantitative estimate of drug-likeness (QED) is 0.862. The SMILES string of the molecule is CC(NCC(=O)Nc1cccc(Cl)c1)c1ccc(Cl)cc1. The molecule has 3 nitrogen and oxygen atoms in total. The summed E-state index contributed by atoms with van der Waals surface area (Å²) in [5.41, 5.74) is 1.77. The summed E-state index contributed by atoms with van der Waals surface area (Å²) in [5, 5.41) is 7.25. The molecule has 2 N–H and O–H groups in total. The summed E-state index contributed by atoms with van der Waals surface area (Å²) < 4.78 is 0. The Labute approximate surface area is 134 Å². The lowest BCUT2D eigenvalue weighted by molar-refractivity contribution is -0.115. The number of halogens is 2. The molecule has 0 saturated carbocycles. The van der Waals surface area contributed by atoms with E-state index >= 15 is 0 Å². The first-order valence-electron chi connectivity index (χ1n) is 6.59. The van der Waals surface area contributed by atoms with Crippen LogP contribution in [0.1, 0.15) is 18.5 Å². The molecule has 0 aliphatic heterocycles. The number of carbonyl (C=O) groups excluding carboxylic acids is 1. The number of rotatable bonds is 5. The number of nitrogens with one attached hydrogen (secondary N) is 2. The molecule has 2 rings (SSSR count). The van der Waals surface area contributed by atoms with Gasteiger partial charge in [0.05, 0.1) is 6.54 Å². The van der Waals surface area contributed by atoms with Crippen molar-refractivity contribution in [1.82, 2.24) is 5.32 Å². The van der Waals surface area contributed by atoms with Gasteiger partial charge in [-0.05, 0) is 42.8 Å². The van der Waals surface area contributed by atoms with Crippen molar-refractivity contribution in [3.8, 4) is 0 Å². The second-order valence-electron chi connectivity index (χ2n) is 4.71. The summed E-state index contributed by atoms with van der Waals surface area (Å²) in [6.45, 7) is 2.21. The van der Waals surface area contributed by atoms with E-state index < -0.39 is 0 Å². The van der Waals surface area contributed by atoms with Crippen molar-refractivity contribution in [2.75, 3.05) is 11.9 Å². The summed E-state index contributed by atoms with van der Waals surface area (Å²) in [4.78, 5) is 11.9. The maximum absolute atomic E-state index is 11.9. The van der Waals surface area contributed by atoms with Crippen LogP contribution in [-0.4, -0.2) is 12.5 Å². The lowest BCUT2D eigenvalue weighted by Crippen LogP contribution is -2.30. The topological polar surface area (TPSA) is 41.1 Å². The normalized spacial score (nSPS) is 12.0. The Kier molecular flexibility index (Phi) is 5.62. The fourth-order valence-electron chi connectivity index (χ4n) is 1.89. The van der Waals surface area contributed by atoms with Crippen LogP contribution in [0.15, 0.2) is 48.5 Å². The molecule has 0 radical (unpaired) electrons. The van der Waals surface area contributed by atoms with Crippen LogP contribution in [0.25, 0.3) is 0 Å². The van der Waals surface area contributed by atoms with Crippen molar-refractivity contribution in [3.63, 3.8) is 0 Å². The van der Waals surface area contributed by atoms with Crippen LogP contribution in [0.2, 0.25) is 10.0 Å². The highest BCUT2D eigenvalue weighted by atomic mass is 35.5. The molecule has 0 bridgehead atoms. The molecule has 2 aromatic rings. The van der Waals surface area contributed by atoms with Crippen molar-refractivity contribution >= 4 is 34.8 Å². The van der Waals surface area contributed by atoms with Crippen molar-refractivity contribution < 1.29 is 4.79 Å². The molecule has 0 heterocycles. The Bertz CT molecular complexity index is 614. The average Bonchev–Trinajstić information content (AvgIpc) is 2.45. The maximum atomic E-state index is 11.9. The second-order valence-corrected chi connectivity index (χ2v) is 5.59. The van der Waals surface area contributed by atoms with Crippen LogP contribution in [0.5, 0.6) is 0 Å². The molecule has 21 heavy (non-hydrogen) atoms. The molecule has 0 spiro atoms. The Balaban J connectivity index is 1.84. The van der Waals surface area contributed by atoms with Crippen LogP contribution in [0.3, 0.4) is 0 Å². The monoisotopic (exact) mass is 322 g/mol. The second kappa shape index (κ2) is 7.46. The number of anilines is 1. The molecule has 1 amide bonds. The van der Waals surface area contributed by atoms with E-state index in [1.54, 1.807) is 24.3 Å². The number of amides is 1. The summed E-state index contributed by atoms with van der Waals surface area (Å²) in [6.07, 6.45) is 0. The summed E-state index contributed by atoms with van der Waals surface area (Å²) in [7, 11) is 0. The molecule has 0 saturated heterocycles. The van der Waals surface area contributed by atoms with Gasteiger partial charge in [-0.25, -0.2) is 0 Å². The van der Waals surface area contributed by atoms with Crippen molar-refractivity contribution in [3.05, 3.63) is 64.1 Å². The van der Waals surface area contributed by atoms with Crippen molar-refractivity contribution in [2.24, 2.45) is 0 Å². The van der Waals surface area contributed by atoms with E-state index in [4.69, 9.17) is 23.2 Å². The van der Waals surface area contributed by atoms with Gasteiger partial charge in [0.15, 0.2) is 0 Å². The smallest absolute Gasteiger partial charge is 0.238 e. The van der Waals surface area contributed by atoms with E-state index in [-0.39, 0.29) is 18.5 Å². The highest BCUT2D eigenvalue weighted by Gasteiger charge is 2.08. The number of benzene rings is 2. The zero-order valence-corrected chi connectivity index (χ0v) is 13.1. The fraction of sp³-hybridized carbons (Fsp3) is 0.188. The Morgan fingerprint density at radius 2 is 1.81 bits per heavy atom. The standard InChI is InChI=1S/C16H16Cl2N2O/c1-11(12-5-7-13(17)8-6-12)19-10-16(21)20-15-4-2-3-14(18)9-15/h2-9,11,19H,10H2,1H3,(H,20,21). The van der Waals surface area contributed by atoms with Crippen LogP contribution in [-0.2, 0) is 4.79 Å². The molecular weight excluding hydrogens is 307 g/mol. The van der Waals surface area contributed by atoms with Gasteiger partial charge in [-0.15, -0.1) is 0 Å². The minimum absolute atomic E-state index is 0.0624. The third kappa shape index (κ3) is 5.05. The third-order valence-corrected chi connectivity index (χ3v) is 3.53. The van der Waals surface area contributed by atoms with E-state index in [0.29, 0.717) is 15.7 Å². The largest absolute Gasteiger partial charge is 0.325 e. The van der Waals surface area contributed by atoms with Gasteiger partial charge in [0.2, 0.25) is 5.91 Å². The number of hydrogen-bond donors (Lipinski definition) is 2. The lowest BCUT2D eigenvalue weighted by Gasteiger charge is -2.14. The molecule has 110 valence electrons. The molecule has 1 atom stereocenters. The van der Waals surface area contributed by atoms with Gasteiger partial charge < -0.3 is 10.6 Å². The molecule has 5 heteroatoms. The molecular formula is C16H16Cl2N2O. The first-order valence-corrected chi connectivity index (χ1v) is 7.34. The predicted octanol–water partition coefficient (Wildman–Crippen LogP) is 4.28. The minimum atomic E-state index is -0.113. The molecule has 0 aliphatic carbocycles. The zero-order valence-electron chi connectivity index (χ0n) is 11.6. The van der Waals surface area contributed by atoms with Gasteiger partial charge in [-0.2, -0.15) is 0 Å². The minimum Gasteiger partial charge on any atom is -0.325 e. The van der Waals surface area contributed by atoms with Gasteiger partial charge in [0.25, 0.3) is 0 Å². The van der Waals surface area contributed by atoms with Gasteiger partial charge in [0, 0.05) is 21.8 Å². The first-order chi connectivity index (χ1) is 10.0. The molecule has 1 unspecified atom stereocenters. The van der Waals surface area contributed by atoms with Crippen LogP contribution >= 0.6 is 23.2 Å². The predicted molar refractivity (Wildman–Crippen MR) is 88.0 cm³/mol. The van der Waals surface area contributed by atoms with Crippen molar-refractivity contribution in [1.29, 1.82) is 0 Å². The van der Waals surface area contributed by atoms with Crippen molar-refractivity contribution in [2.45, 2.75) is 13.0 Å². The summed E-state index contributed by atoms with van der Waals surface area (Å²) >= 11 is 11.7. The van der Waals surface area contributed by atoms with E-state index in [2.05, 4.69) is 10.6 Å². The van der Waals surface area contributed by atoms with Gasteiger partial charge in [-0.3, -0.25) is 4.79 Å². The third-order valence-electron chi connectivity index (χ3n) is 3.05. The maximum Gasteiger partial charge on any atom is 0.238 e. The van der Waals surface area contributed by atoms with Crippen LogP contribution in [0, 0.1) is 0 Å². The summed E-state index contributed by atoms with van der Waals surface area (Å²) in [6, 6.07) is 14.7. The molecule has 0 aliphatic rings. The lowest BCUT2D eigenvalue weighted by atomic mass is 10.1. The average molecular weight is 323 g/mol. The van der Waals surface area contributed by atoms with E-state index in [0.717, 1.165) is 5.56 Å². The van der Waals surface area contributed by atoms with Crippen LogP contribution < -0.4 is 10.6 Å². The number of carbonyl (C=O) groups is 1. The summed E-state index contributed by atoms with van der Waals surface area (Å²) in [5.74, 6) is -0.113. The van der Waals surface area contributed by atoms with Gasteiger partial charge in [0.1, 0.15) is 0 Å². The fourth-order valence-corrected chi connectivity index (χ4v) is 2.20. The zero-order chi connectivity index (χ0) is 15.2. The first kappa shape index (κ1) is 15.8. The van der Waals surface area contributed by atoms with E-state index in [1.807, 2.05) is 31.2 Å². The Hall–Kier alpha value is -1.55. The molecule has 0 fully saturated rings. The number of hydrogen-bond acceptors (Lipinski definition) is 2. The van der Waals surface area contributed by atoms with E-state index in [1.165, 1.54) is 0 Å². The Morgan fingerprint density at radius 1 is 1.10 bits per heavy atom. The van der Waals surface area contributed by atoms with Crippen LogP contribution in [0.4, 0.5) is 5.69 Å². The van der Waals surface area contributed by atoms with Gasteiger partial charge >= 0.3 is 0 Å². The Morgan fingerprint density at radius 3 is 2.48 bits per heavy atom. The molecule has 0 aromatic heterocycles. The highest BCUT2D eigenvalue weighted by molar-refractivity contribution is 6.31. The molecule has 2 aromatic carbocycles. The highest BCUT2D eigenvalue weighted by Crippen LogP contribution is 2.16. The van der Waals surface area contributed by atoms with E-state index in [9.17, 15) is 4.79 Å².